The first-order valence-corrected chi connectivity index (χ1v) is 10.0. The lowest BCUT2D eigenvalue weighted by Crippen LogP contribution is -2.52. The normalized spacial score (nSPS) is 15.7. The molecule has 2 atom stereocenters. The van der Waals surface area contributed by atoms with E-state index in [1.165, 1.54) is 0 Å². The molecular formula is C24H30N4O3. The molecule has 0 saturated carbocycles. The van der Waals surface area contributed by atoms with E-state index in [1.807, 2.05) is 30.3 Å². The number of hydroxylamine groups is 1. The maximum absolute atomic E-state index is 12.5. The Morgan fingerprint density at radius 2 is 1.74 bits per heavy atom. The van der Waals surface area contributed by atoms with Gasteiger partial charge in [-0.05, 0) is 55.8 Å². The number of amides is 2. The van der Waals surface area contributed by atoms with Crippen LogP contribution in [-0.4, -0.2) is 48.7 Å². The molecule has 7 nitrogen and oxygen atoms in total. The van der Waals surface area contributed by atoms with Crippen LogP contribution in [0.5, 0.6) is 0 Å². The lowest BCUT2D eigenvalue weighted by atomic mass is 10.1. The molecule has 0 spiro atoms. The van der Waals surface area contributed by atoms with E-state index in [2.05, 4.69) is 27.8 Å². The van der Waals surface area contributed by atoms with Gasteiger partial charge in [0, 0.05) is 35.8 Å². The second-order valence-corrected chi connectivity index (χ2v) is 7.15. The Labute approximate surface area is 183 Å². The van der Waals surface area contributed by atoms with Crippen LogP contribution in [0.15, 0.2) is 54.6 Å². The largest absolute Gasteiger partial charge is 0.339 e. The summed E-state index contributed by atoms with van der Waals surface area (Å²) in [4.78, 5) is 24.5. The fraction of sp³-hybridized carbons (Fsp3) is 0.333. The van der Waals surface area contributed by atoms with Crippen molar-refractivity contribution < 1.29 is 14.8 Å². The van der Waals surface area contributed by atoms with Gasteiger partial charge in [-0.15, -0.1) is 0 Å². The Kier molecular flexibility index (Phi) is 9.72. The van der Waals surface area contributed by atoms with Gasteiger partial charge in [0.15, 0.2) is 0 Å². The molecule has 1 heterocycles. The van der Waals surface area contributed by atoms with Crippen molar-refractivity contribution in [2.75, 3.05) is 19.6 Å². The van der Waals surface area contributed by atoms with Crippen LogP contribution in [0.3, 0.4) is 0 Å². The fourth-order valence-corrected chi connectivity index (χ4v) is 3.23. The van der Waals surface area contributed by atoms with E-state index in [9.17, 15) is 9.59 Å². The van der Waals surface area contributed by atoms with Gasteiger partial charge in [-0.25, -0.2) is 5.48 Å². The van der Waals surface area contributed by atoms with Gasteiger partial charge < -0.3 is 16.0 Å². The minimum atomic E-state index is -0.888. The lowest BCUT2D eigenvalue weighted by Gasteiger charge is -2.19. The van der Waals surface area contributed by atoms with Crippen LogP contribution in [-0.2, 0) is 4.79 Å². The average Bonchev–Trinajstić information content (AvgIpc) is 3.31. The Bertz CT molecular complexity index is 898. The molecule has 7 heteroatoms. The zero-order valence-electron chi connectivity index (χ0n) is 16.7. The fourth-order valence-electron chi connectivity index (χ4n) is 3.23. The van der Waals surface area contributed by atoms with E-state index in [-0.39, 0.29) is 14.0 Å². The Hall–Kier alpha value is -3.18. The maximum atomic E-state index is 12.5. The van der Waals surface area contributed by atoms with Crippen molar-refractivity contribution in [3.05, 3.63) is 71.3 Å². The van der Waals surface area contributed by atoms with Crippen LogP contribution in [0.25, 0.3) is 0 Å². The minimum absolute atomic E-state index is 0. The van der Waals surface area contributed by atoms with Crippen LogP contribution >= 0.6 is 0 Å². The average molecular weight is 423 g/mol. The number of hydrogen-bond acceptors (Lipinski definition) is 5. The topological polar surface area (TPSA) is 102 Å². The molecule has 31 heavy (non-hydrogen) atoms. The molecule has 1 fully saturated rings. The molecule has 0 aromatic heterocycles. The highest BCUT2D eigenvalue weighted by molar-refractivity contribution is 5.97. The molecule has 0 bridgehead atoms. The summed E-state index contributed by atoms with van der Waals surface area (Å²) >= 11 is 0. The number of carbonyl (C=O) groups is 2. The summed E-state index contributed by atoms with van der Waals surface area (Å²) in [5.74, 6) is 5.06. The standard InChI is InChI=1S/C23H26N4O3.CH4/c28-22(26-21(23(29)27-30)16-24-15-20-7-4-14-25-20)19-12-10-18(11-13-19)9-8-17-5-2-1-3-6-17;/h1-3,5-6,10-13,20-21,24-25,30H,4,7,14-16H2,(H,26,28)(H,27,29);1H4/t20-,21-;/m0./s1. The van der Waals surface area contributed by atoms with E-state index < -0.39 is 17.9 Å². The van der Waals surface area contributed by atoms with E-state index in [4.69, 9.17) is 5.21 Å². The third-order valence-electron chi connectivity index (χ3n) is 4.91. The van der Waals surface area contributed by atoms with Crippen LogP contribution in [0, 0.1) is 11.8 Å². The van der Waals surface area contributed by atoms with E-state index in [0.717, 1.165) is 30.5 Å². The lowest BCUT2D eigenvalue weighted by molar-refractivity contribution is -0.131. The molecule has 1 aliphatic rings. The Morgan fingerprint density at radius 3 is 2.35 bits per heavy atom. The molecule has 2 amide bonds. The smallest absolute Gasteiger partial charge is 0.267 e. The Morgan fingerprint density at radius 1 is 1.06 bits per heavy atom. The van der Waals surface area contributed by atoms with Gasteiger partial charge in [0.25, 0.3) is 11.8 Å². The van der Waals surface area contributed by atoms with Crippen LogP contribution in [0.4, 0.5) is 0 Å². The van der Waals surface area contributed by atoms with Gasteiger partial charge in [-0.3, -0.25) is 14.8 Å². The van der Waals surface area contributed by atoms with E-state index in [0.29, 0.717) is 18.2 Å². The molecule has 1 saturated heterocycles. The number of rotatable bonds is 7. The molecule has 0 radical (unpaired) electrons. The second-order valence-electron chi connectivity index (χ2n) is 7.15. The van der Waals surface area contributed by atoms with Crippen molar-refractivity contribution in [2.24, 2.45) is 0 Å². The highest BCUT2D eigenvalue weighted by atomic mass is 16.5. The third kappa shape index (κ3) is 7.54. The predicted octanol–water partition coefficient (Wildman–Crippen LogP) is 1.67. The monoisotopic (exact) mass is 422 g/mol. The van der Waals surface area contributed by atoms with Gasteiger partial charge in [0.1, 0.15) is 6.04 Å². The molecule has 2 aromatic carbocycles. The summed E-state index contributed by atoms with van der Waals surface area (Å²) in [5, 5.41) is 18.2. The third-order valence-corrected chi connectivity index (χ3v) is 4.91. The first kappa shape index (κ1) is 24.1. The first-order chi connectivity index (χ1) is 14.7. The maximum Gasteiger partial charge on any atom is 0.267 e. The molecule has 0 unspecified atom stereocenters. The number of carbonyl (C=O) groups excluding carboxylic acids is 2. The van der Waals surface area contributed by atoms with Crippen LogP contribution in [0.2, 0.25) is 0 Å². The number of benzene rings is 2. The summed E-state index contributed by atoms with van der Waals surface area (Å²) in [6, 6.07) is 16.0. The Balaban J connectivity index is 0.00000341. The summed E-state index contributed by atoms with van der Waals surface area (Å²) < 4.78 is 0. The van der Waals surface area contributed by atoms with Gasteiger partial charge >= 0.3 is 0 Å². The number of nitrogens with one attached hydrogen (secondary N) is 4. The minimum Gasteiger partial charge on any atom is -0.339 e. The van der Waals surface area contributed by atoms with Crippen molar-refractivity contribution in [1.82, 2.24) is 21.4 Å². The van der Waals surface area contributed by atoms with Crippen molar-refractivity contribution in [2.45, 2.75) is 32.4 Å². The quantitative estimate of drug-likeness (QED) is 0.265. The second kappa shape index (κ2) is 12.5. The molecular weight excluding hydrogens is 392 g/mol. The van der Waals surface area contributed by atoms with Crippen LogP contribution in [0.1, 0.15) is 41.8 Å². The van der Waals surface area contributed by atoms with Crippen molar-refractivity contribution in [1.29, 1.82) is 0 Å². The molecule has 5 N–H and O–H groups in total. The molecule has 0 aliphatic carbocycles. The summed E-state index contributed by atoms with van der Waals surface area (Å²) in [6.45, 7) is 1.91. The van der Waals surface area contributed by atoms with Crippen molar-refractivity contribution in [3.8, 4) is 11.8 Å². The summed E-state index contributed by atoms with van der Waals surface area (Å²) in [5.41, 5.74) is 3.72. The molecule has 3 rings (SSSR count). The zero-order chi connectivity index (χ0) is 21.2. The van der Waals surface area contributed by atoms with Gasteiger partial charge in [-0.1, -0.05) is 37.5 Å². The van der Waals surface area contributed by atoms with Gasteiger partial charge in [0.2, 0.25) is 0 Å². The highest BCUT2D eigenvalue weighted by Crippen LogP contribution is 2.06. The summed E-state index contributed by atoms with van der Waals surface area (Å²) in [7, 11) is 0. The van der Waals surface area contributed by atoms with Crippen molar-refractivity contribution >= 4 is 11.8 Å². The first-order valence-electron chi connectivity index (χ1n) is 10.0. The van der Waals surface area contributed by atoms with Crippen molar-refractivity contribution in [3.63, 3.8) is 0 Å². The highest BCUT2D eigenvalue weighted by Gasteiger charge is 2.22. The van der Waals surface area contributed by atoms with Crippen LogP contribution < -0.4 is 21.4 Å². The van der Waals surface area contributed by atoms with E-state index >= 15 is 0 Å². The number of hydrogen-bond donors (Lipinski definition) is 5. The van der Waals surface area contributed by atoms with Gasteiger partial charge in [0.05, 0.1) is 0 Å². The van der Waals surface area contributed by atoms with Gasteiger partial charge in [-0.2, -0.15) is 0 Å². The SMILES string of the molecule is C.O=C(N[C@@H](CNC[C@@H]1CCCN1)C(=O)NO)c1ccc(C#Cc2ccccc2)cc1. The molecule has 164 valence electrons. The summed E-state index contributed by atoms with van der Waals surface area (Å²) in [6.07, 6.45) is 2.21. The molecule has 2 aromatic rings. The molecule has 1 aliphatic heterocycles. The predicted molar refractivity (Wildman–Crippen MR) is 121 cm³/mol. The van der Waals surface area contributed by atoms with E-state index in [1.54, 1.807) is 29.7 Å². The zero-order valence-corrected chi connectivity index (χ0v) is 16.7.